The molecular weight excluding hydrogens is 298 g/mol. The molecular formula is C19H21N5. The van der Waals surface area contributed by atoms with Gasteiger partial charge in [0.1, 0.15) is 5.69 Å². The lowest BCUT2D eigenvalue weighted by atomic mass is 10.0. The number of hydrogen-bond acceptors (Lipinski definition) is 5. The normalized spacial score (nSPS) is 10.6. The van der Waals surface area contributed by atoms with Gasteiger partial charge >= 0.3 is 0 Å². The monoisotopic (exact) mass is 319 g/mol. The summed E-state index contributed by atoms with van der Waals surface area (Å²) >= 11 is 0. The minimum atomic E-state index is 0.858. The third kappa shape index (κ3) is 3.58. The van der Waals surface area contributed by atoms with E-state index in [2.05, 4.69) is 43.6 Å². The number of rotatable bonds is 6. The molecule has 0 aliphatic rings. The molecule has 24 heavy (non-hydrogen) atoms. The van der Waals surface area contributed by atoms with Crippen LogP contribution in [0.5, 0.6) is 0 Å². The van der Waals surface area contributed by atoms with Crippen LogP contribution in [0.15, 0.2) is 60.9 Å². The van der Waals surface area contributed by atoms with Gasteiger partial charge in [0.15, 0.2) is 5.82 Å². The van der Waals surface area contributed by atoms with Gasteiger partial charge in [-0.05, 0) is 30.8 Å². The second-order valence-electron chi connectivity index (χ2n) is 5.59. The highest BCUT2D eigenvalue weighted by molar-refractivity contribution is 5.81. The van der Waals surface area contributed by atoms with E-state index in [0.717, 1.165) is 41.3 Å². The molecule has 0 aliphatic carbocycles. The second kappa shape index (κ2) is 7.66. The lowest BCUT2D eigenvalue weighted by Gasteiger charge is -2.19. The van der Waals surface area contributed by atoms with Gasteiger partial charge in [0.2, 0.25) is 0 Å². The van der Waals surface area contributed by atoms with Crippen molar-refractivity contribution >= 4 is 5.82 Å². The summed E-state index contributed by atoms with van der Waals surface area (Å²) in [6.07, 6.45) is 3.60. The van der Waals surface area contributed by atoms with Crippen molar-refractivity contribution in [2.75, 3.05) is 32.1 Å². The van der Waals surface area contributed by atoms with Crippen LogP contribution in [-0.2, 0) is 0 Å². The minimum absolute atomic E-state index is 0.858. The number of nitrogens with zero attached hydrogens (tertiary/aromatic N) is 4. The summed E-state index contributed by atoms with van der Waals surface area (Å²) in [5.74, 6) is 0.858. The molecule has 5 heteroatoms. The third-order valence-electron chi connectivity index (χ3n) is 3.91. The first kappa shape index (κ1) is 16.1. The van der Waals surface area contributed by atoms with Crippen molar-refractivity contribution < 1.29 is 0 Å². The van der Waals surface area contributed by atoms with Crippen LogP contribution in [0, 0.1) is 0 Å². The zero-order chi connectivity index (χ0) is 16.8. The van der Waals surface area contributed by atoms with E-state index in [-0.39, 0.29) is 0 Å². The number of nitrogens with one attached hydrogen (secondary N) is 1. The molecule has 0 aliphatic heterocycles. The molecule has 2 aromatic heterocycles. The van der Waals surface area contributed by atoms with E-state index in [4.69, 9.17) is 0 Å². The quantitative estimate of drug-likeness (QED) is 0.757. The molecule has 0 saturated heterocycles. The first-order valence-corrected chi connectivity index (χ1v) is 7.99. The SMILES string of the molecule is CNCCN(C)c1cc(-c2ccncc2)c(-c2ccccc2)nn1. The maximum Gasteiger partial charge on any atom is 0.151 e. The Hall–Kier alpha value is -2.79. The van der Waals surface area contributed by atoms with E-state index in [0.29, 0.717) is 0 Å². The van der Waals surface area contributed by atoms with Crippen LogP contribution in [0.1, 0.15) is 0 Å². The number of anilines is 1. The van der Waals surface area contributed by atoms with E-state index < -0.39 is 0 Å². The van der Waals surface area contributed by atoms with Gasteiger partial charge in [-0.25, -0.2) is 0 Å². The van der Waals surface area contributed by atoms with Crippen molar-refractivity contribution in [1.82, 2.24) is 20.5 Å². The van der Waals surface area contributed by atoms with Crippen LogP contribution in [0.4, 0.5) is 5.82 Å². The van der Waals surface area contributed by atoms with E-state index in [1.165, 1.54) is 0 Å². The summed E-state index contributed by atoms with van der Waals surface area (Å²) in [4.78, 5) is 6.22. The number of likely N-dealkylation sites (N-methyl/N-ethyl adjacent to an activating group) is 2. The van der Waals surface area contributed by atoms with Crippen LogP contribution in [0.25, 0.3) is 22.4 Å². The minimum Gasteiger partial charge on any atom is -0.357 e. The Morgan fingerprint density at radius 3 is 2.42 bits per heavy atom. The Morgan fingerprint density at radius 2 is 1.71 bits per heavy atom. The number of benzene rings is 1. The topological polar surface area (TPSA) is 53.9 Å². The van der Waals surface area contributed by atoms with Crippen LogP contribution >= 0.6 is 0 Å². The van der Waals surface area contributed by atoms with E-state index in [9.17, 15) is 0 Å². The van der Waals surface area contributed by atoms with Gasteiger partial charge in [-0.3, -0.25) is 4.98 Å². The zero-order valence-electron chi connectivity index (χ0n) is 14.0. The average molecular weight is 319 g/mol. The largest absolute Gasteiger partial charge is 0.357 e. The number of aromatic nitrogens is 3. The molecule has 5 nitrogen and oxygen atoms in total. The van der Waals surface area contributed by atoms with Gasteiger partial charge in [0.25, 0.3) is 0 Å². The standard InChI is InChI=1S/C19H21N5/c1-20-12-13-24(2)18-14-17(15-8-10-21-11-9-15)19(23-22-18)16-6-4-3-5-7-16/h3-11,14,20H,12-13H2,1-2H3. The number of hydrogen-bond donors (Lipinski definition) is 1. The Morgan fingerprint density at radius 1 is 0.958 bits per heavy atom. The van der Waals surface area contributed by atoms with Crippen molar-refractivity contribution in [2.24, 2.45) is 0 Å². The van der Waals surface area contributed by atoms with E-state index in [1.54, 1.807) is 12.4 Å². The lowest BCUT2D eigenvalue weighted by Crippen LogP contribution is -2.28. The van der Waals surface area contributed by atoms with Crippen molar-refractivity contribution in [1.29, 1.82) is 0 Å². The molecule has 3 aromatic rings. The highest BCUT2D eigenvalue weighted by Crippen LogP contribution is 2.31. The molecule has 0 spiro atoms. The molecule has 1 aromatic carbocycles. The Kier molecular flexibility index (Phi) is 5.13. The van der Waals surface area contributed by atoms with Gasteiger partial charge in [0, 0.05) is 43.7 Å². The molecule has 0 atom stereocenters. The predicted octanol–water partition coefficient (Wildman–Crippen LogP) is 2.86. The summed E-state index contributed by atoms with van der Waals surface area (Å²) in [5.41, 5.74) is 4.08. The average Bonchev–Trinajstić information content (AvgIpc) is 2.67. The maximum atomic E-state index is 4.52. The smallest absolute Gasteiger partial charge is 0.151 e. The Labute approximate surface area is 142 Å². The first-order valence-electron chi connectivity index (χ1n) is 7.99. The first-order chi connectivity index (χ1) is 11.8. The van der Waals surface area contributed by atoms with Gasteiger partial charge in [-0.2, -0.15) is 0 Å². The third-order valence-corrected chi connectivity index (χ3v) is 3.91. The van der Waals surface area contributed by atoms with Crippen molar-refractivity contribution in [2.45, 2.75) is 0 Å². The second-order valence-corrected chi connectivity index (χ2v) is 5.59. The summed E-state index contributed by atoms with van der Waals surface area (Å²) < 4.78 is 0. The molecule has 1 N–H and O–H groups in total. The molecule has 0 amide bonds. The molecule has 0 bridgehead atoms. The van der Waals surface area contributed by atoms with Crippen LogP contribution < -0.4 is 10.2 Å². The van der Waals surface area contributed by atoms with E-state index in [1.807, 2.05) is 44.4 Å². The summed E-state index contributed by atoms with van der Waals surface area (Å²) in [6, 6.07) is 16.2. The van der Waals surface area contributed by atoms with E-state index >= 15 is 0 Å². The Bertz CT molecular complexity index is 774. The molecule has 0 fully saturated rings. The zero-order valence-corrected chi connectivity index (χ0v) is 14.0. The summed E-state index contributed by atoms with van der Waals surface area (Å²) in [7, 11) is 3.97. The lowest BCUT2D eigenvalue weighted by molar-refractivity contribution is 0.756. The fourth-order valence-corrected chi connectivity index (χ4v) is 2.52. The van der Waals surface area contributed by atoms with Crippen LogP contribution in [0.3, 0.4) is 0 Å². The van der Waals surface area contributed by atoms with Gasteiger partial charge < -0.3 is 10.2 Å². The molecule has 0 saturated carbocycles. The van der Waals surface area contributed by atoms with Crippen molar-refractivity contribution in [3.05, 3.63) is 60.9 Å². The molecule has 0 unspecified atom stereocenters. The molecule has 0 radical (unpaired) electrons. The van der Waals surface area contributed by atoms with Crippen molar-refractivity contribution in [3.8, 4) is 22.4 Å². The summed E-state index contributed by atoms with van der Waals surface area (Å²) in [6.45, 7) is 1.76. The fourth-order valence-electron chi connectivity index (χ4n) is 2.52. The highest BCUT2D eigenvalue weighted by atomic mass is 15.2. The van der Waals surface area contributed by atoms with Gasteiger partial charge in [-0.1, -0.05) is 30.3 Å². The van der Waals surface area contributed by atoms with Crippen molar-refractivity contribution in [3.63, 3.8) is 0 Å². The summed E-state index contributed by atoms with van der Waals surface area (Å²) in [5, 5.41) is 12.1. The maximum absolute atomic E-state index is 4.52. The Balaban J connectivity index is 2.06. The van der Waals surface area contributed by atoms with Crippen LogP contribution in [0.2, 0.25) is 0 Å². The predicted molar refractivity (Wildman–Crippen MR) is 97.9 cm³/mol. The molecule has 3 rings (SSSR count). The molecule has 122 valence electrons. The number of pyridine rings is 1. The van der Waals surface area contributed by atoms with Gasteiger partial charge in [0.05, 0.1) is 0 Å². The molecule has 2 heterocycles. The fraction of sp³-hybridized carbons (Fsp3) is 0.211. The van der Waals surface area contributed by atoms with Gasteiger partial charge in [-0.15, -0.1) is 10.2 Å². The highest BCUT2D eigenvalue weighted by Gasteiger charge is 2.13. The van der Waals surface area contributed by atoms with Crippen LogP contribution in [-0.4, -0.2) is 42.4 Å².